The molecule has 154 valence electrons. The summed E-state index contributed by atoms with van der Waals surface area (Å²) in [6.45, 7) is 3.16. The number of unbranched alkanes of at least 4 members (excludes halogenated alkanes) is 1. The van der Waals surface area contributed by atoms with Gasteiger partial charge in [0.05, 0.1) is 6.54 Å². The van der Waals surface area contributed by atoms with E-state index in [1.54, 1.807) is 24.5 Å². The third-order valence-electron chi connectivity index (χ3n) is 5.12. The van der Waals surface area contributed by atoms with Crippen molar-refractivity contribution in [2.75, 3.05) is 6.54 Å². The van der Waals surface area contributed by atoms with Crippen LogP contribution in [0.25, 0.3) is 11.0 Å². The zero-order valence-electron chi connectivity index (χ0n) is 16.6. The van der Waals surface area contributed by atoms with Crippen LogP contribution in [-0.4, -0.2) is 17.7 Å². The molecule has 29 heavy (non-hydrogen) atoms. The number of aryl methyl sites for hydroxylation is 1. The summed E-state index contributed by atoms with van der Waals surface area (Å²) in [5, 5.41) is 13.5. The lowest BCUT2D eigenvalue weighted by Crippen LogP contribution is -2.29. The van der Waals surface area contributed by atoms with Crippen LogP contribution >= 0.6 is 0 Å². The van der Waals surface area contributed by atoms with Gasteiger partial charge in [-0.1, -0.05) is 36.8 Å². The van der Waals surface area contributed by atoms with Gasteiger partial charge in [-0.25, -0.2) is 9.87 Å². The lowest BCUT2D eigenvalue weighted by Gasteiger charge is -2.15. The van der Waals surface area contributed by atoms with Crippen LogP contribution < -0.4 is 10.8 Å². The number of carbonyl (C=O) groups is 1. The minimum absolute atomic E-state index is 0.257. The van der Waals surface area contributed by atoms with Gasteiger partial charge in [0.2, 0.25) is 5.91 Å². The Morgan fingerprint density at radius 3 is 2.76 bits per heavy atom. The van der Waals surface area contributed by atoms with Gasteiger partial charge in [0.1, 0.15) is 17.2 Å². The van der Waals surface area contributed by atoms with Crippen LogP contribution in [0.3, 0.4) is 0 Å². The lowest BCUT2D eigenvalue weighted by atomic mass is 9.92. The van der Waals surface area contributed by atoms with E-state index in [9.17, 15) is 9.18 Å². The fourth-order valence-electron chi connectivity index (χ4n) is 3.51. The number of hydrogen-bond donors (Lipinski definition) is 3. The number of hydrogen-bond acceptors (Lipinski definition) is 4. The molecule has 0 aliphatic carbocycles. The Labute approximate surface area is 169 Å². The summed E-state index contributed by atoms with van der Waals surface area (Å²) in [5.41, 5.74) is 4.09. The number of halogens is 1. The van der Waals surface area contributed by atoms with Crippen molar-refractivity contribution in [3.63, 3.8) is 0 Å². The Kier molecular flexibility index (Phi) is 7.38. The first-order valence-electron chi connectivity index (χ1n) is 9.94. The van der Waals surface area contributed by atoms with E-state index < -0.39 is 5.91 Å². The summed E-state index contributed by atoms with van der Waals surface area (Å²) in [6, 6.07) is 14.8. The molecule has 0 bridgehead atoms. The second kappa shape index (κ2) is 10.2. The van der Waals surface area contributed by atoms with Crippen molar-refractivity contribution >= 4 is 16.9 Å². The highest BCUT2D eigenvalue weighted by Crippen LogP contribution is 2.19. The Hall–Kier alpha value is -2.70. The number of benzene rings is 2. The van der Waals surface area contributed by atoms with E-state index in [4.69, 9.17) is 9.62 Å². The number of nitrogens with one attached hydrogen (secondary N) is 2. The molecule has 0 aliphatic rings. The first-order valence-corrected chi connectivity index (χ1v) is 9.94. The van der Waals surface area contributed by atoms with Gasteiger partial charge in [-0.15, -0.1) is 0 Å². The third kappa shape index (κ3) is 5.89. The van der Waals surface area contributed by atoms with Crippen molar-refractivity contribution in [1.29, 1.82) is 0 Å². The van der Waals surface area contributed by atoms with Crippen LogP contribution in [0.4, 0.5) is 4.39 Å². The fourth-order valence-corrected chi connectivity index (χ4v) is 3.51. The van der Waals surface area contributed by atoms with Gasteiger partial charge in [0, 0.05) is 11.3 Å². The van der Waals surface area contributed by atoms with E-state index in [2.05, 4.69) is 5.32 Å². The maximum Gasteiger partial charge on any atom is 0.246 e. The van der Waals surface area contributed by atoms with E-state index in [1.807, 2.05) is 30.3 Å². The molecule has 0 fully saturated rings. The monoisotopic (exact) mass is 398 g/mol. The first-order chi connectivity index (χ1) is 14.1. The van der Waals surface area contributed by atoms with E-state index in [0.29, 0.717) is 24.9 Å². The molecule has 0 spiro atoms. The van der Waals surface area contributed by atoms with Crippen molar-refractivity contribution in [2.24, 2.45) is 5.92 Å². The molecule has 1 aromatic heterocycles. The van der Waals surface area contributed by atoms with Crippen molar-refractivity contribution in [1.82, 2.24) is 10.8 Å². The van der Waals surface area contributed by atoms with E-state index in [1.165, 1.54) is 6.07 Å². The number of hydroxylamine groups is 1. The normalized spacial score (nSPS) is 12.2. The van der Waals surface area contributed by atoms with E-state index in [0.717, 1.165) is 41.7 Å². The summed E-state index contributed by atoms with van der Waals surface area (Å²) in [6.07, 6.45) is 2.86. The van der Waals surface area contributed by atoms with Gasteiger partial charge in [0.25, 0.3) is 0 Å². The average molecular weight is 398 g/mol. The molecule has 3 N–H and O–H groups in total. The smallest absolute Gasteiger partial charge is 0.246 e. The van der Waals surface area contributed by atoms with Crippen LogP contribution in [-0.2, 0) is 17.8 Å². The van der Waals surface area contributed by atoms with Gasteiger partial charge in [-0.3, -0.25) is 10.0 Å². The van der Waals surface area contributed by atoms with Gasteiger partial charge in [0.15, 0.2) is 0 Å². The fraction of sp³-hybridized carbons (Fsp3) is 0.348. The molecule has 3 aromatic rings. The van der Waals surface area contributed by atoms with Crippen molar-refractivity contribution in [3.8, 4) is 0 Å². The largest absolute Gasteiger partial charge is 0.460 e. The third-order valence-corrected chi connectivity index (χ3v) is 5.12. The average Bonchev–Trinajstić information content (AvgIpc) is 3.14. The summed E-state index contributed by atoms with van der Waals surface area (Å²) >= 11 is 0. The minimum Gasteiger partial charge on any atom is -0.460 e. The van der Waals surface area contributed by atoms with Crippen molar-refractivity contribution in [3.05, 3.63) is 71.2 Å². The number of furan rings is 1. The maximum absolute atomic E-state index is 13.4. The van der Waals surface area contributed by atoms with Crippen molar-refractivity contribution in [2.45, 2.75) is 39.2 Å². The highest BCUT2D eigenvalue weighted by atomic mass is 19.1. The summed E-state index contributed by atoms with van der Waals surface area (Å²) in [5.74, 6) is -0.106. The van der Waals surface area contributed by atoms with Gasteiger partial charge in [-0.05, 0) is 62.1 Å². The quantitative estimate of drug-likeness (QED) is 0.267. The molecule has 0 saturated carbocycles. The van der Waals surface area contributed by atoms with Crippen molar-refractivity contribution < 1.29 is 18.8 Å². The molecule has 0 saturated heterocycles. The number of rotatable bonds is 10. The molecule has 0 aliphatic heterocycles. The highest BCUT2D eigenvalue weighted by molar-refractivity contribution is 5.78. The molecule has 5 nitrogen and oxygen atoms in total. The Morgan fingerprint density at radius 1 is 1.17 bits per heavy atom. The van der Waals surface area contributed by atoms with Crippen LogP contribution in [0.2, 0.25) is 0 Å². The number of carbonyl (C=O) groups excluding carboxylic acids is 1. The highest BCUT2D eigenvalue weighted by Gasteiger charge is 2.18. The number of para-hydroxylation sites is 1. The predicted molar refractivity (Wildman–Crippen MR) is 110 cm³/mol. The first kappa shape index (κ1) is 21.0. The summed E-state index contributed by atoms with van der Waals surface area (Å²) in [4.78, 5) is 12.0. The molecule has 0 radical (unpaired) electrons. The zero-order chi connectivity index (χ0) is 20.6. The second-order valence-electron chi connectivity index (χ2n) is 7.38. The van der Waals surface area contributed by atoms with Crippen LogP contribution in [0.5, 0.6) is 0 Å². The molecule has 1 amide bonds. The Morgan fingerprint density at radius 2 is 2.00 bits per heavy atom. The van der Waals surface area contributed by atoms with E-state index >= 15 is 0 Å². The second-order valence-corrected chi connectivity index (χ2v) is 7.38. The Balaban J connectivity index is 1.42. The summed E-state index contributed by atoms with van der Waals surface area (Å²) in [7, 11) is 0. The SMILES string of the molecule is Cc1cc(C[C@H](CCCCNCc2cc3ccccc3o2)C(=O)NO)ccc1F. The van der Waals surface area contributed by atoms with Gasteiger partial charge >= 0.3 is 0 Å². The number of amides is 1. The van der Waals surface area contributed by atoms with Crippen LogP contribution in [0.15, 0.2) is 52.9 Å². The zero-order valence-corrected chi connectivity index (χ0v) is 16.6. The molecular formula is C23H27FN2O3. The predicted octanol–water partition coefficient (Wildman–Crippen LogP) is 4.50. The molecule has 3 rings (SSSR count). The molecule has 6 heteroatoms. The molecule has 1 atom stereocenters. The van der Waals surface area contributed by atoms with Crippen LogP contribution in [0, 0.1) is 18.7 Å². The molecule has 1 heterocycles. The number of fused-ring (bicyclic) bond motifs is 1. The lowest BCUT2D eigenvalue weighted by molar-refractivity contribution is -0.133. The molecule has 0 unspecified atom stereocenters. The topological polar surface area (TPSA) is 74.5 Å². The standard InChI is InChI=1S/C23H27FN2O3/c1-16-12-17(9-10-21(16)24)13-19(23(27)26-28)7-4-5-11-25-15-20-14-18-6-2-3-8-22(18)29-20/h2-3,6,8-10,12,14,19,25,28H,4-5,7,11,13,15H2,1H3,(H,26,27)/t19-/m0/s1. The van der Waals surface area contributed by atoms with Gasteiger partial charge in [-0.2, -0.15) is 0 Å². The van der Waals surface area contributed by atoms with Gasteiger partial charge < -0.3 is 9.73 Å². The molecular weight excluding hydrogens is 371 g/mol. The summed E-state index contributed by atoms with van der Waals surface area (Å²) < 4.78 is 19.2. The Bertz CT molecular complexity index is 921. The minimum atomic E-state index is -0.401. The van der Waals surface area contributed by atoms with Crippen LogP contribution in [0.1, 0.15) is 36.1 Å². The maximum atomic E-state index is 13.4. The molecule has 2 aromatic carbocycles. The van der Waals surface area contributed by atoms with E-state index in [-0.39, 0.29) is 11.7 Å².